The van der Waals surface area contributed by atoms with Crippen LogP contribution < -0.4 is 4.74 Å². The maximum absolute atomic E-state index is 5.59. The highest BCUT2D eigenvalue weighted by Gasteiger charge is 2.25. The van der Waals surface area contributed by atoms with Gasteiger partial charge in [0.25, 0.3) is 0 Å². The number of ether oxygens (including phenoxy) is 1. The minimum Gasteiger partial charge on any atom is -0.495 e. The number of hydrogen-bond donors (Lipinski definition) is 0. The van der Waals surface area contributed by atoms with E-state index < -0.39 is 0 Å². The van der Waals surface area contributed by atoms with Gasteiger partial charge < -0.3 is 4.74 Å². The van der Waals surface area contributed by atoms with E-state index >= 15 is 0 Å². The zero-order valence-corrected chi connectivity index (χ0v) is 13.5. The monoisotopic (exact) mass is 270 g/mol. The summed E-state index contributed by atoms with van der Waals surface area (Å²) in [5.74, 6) is 0.864. The highest BCUT2D eigenvalue weighted by molar-refractivity contribution is 5.72. The second-order valence-electron chi connectivity index (χ2n) is 5.58. The molecule has 0 radical (unpaired) electrons. The molecule has 20 heavy (non-hydrogen) atoms. The average molecular weight is 270 g/mol. The fourth-order valence-corrected chi connectivity index (χ4v) is 2.56. The Kier molecular flexibility index (Phi) is 5.42. The molecule has 1 heteroatoms. The van der Waals surface area contributed by atoms with Gasteiger partial charge >= 0.3 is 0 Å². The van der Waals surface area contributed by atoms with Gasteiger partial charge in [-0.1, -0.05) is 46.9 Å². The van der Waals surface area contributed by atoms with Gasteiger partial charge in [0.15, 0.2) is 0 Å². The zero-order chi connectivity index (χ0) is 15.3. The van der Waals surface area contributed by atoms with Gasteiger partial charge in [-0.2, -0.15) is 0 Å². The Bertz CT molecular complexity index is 543. The van der Waals surface area contributed by atoms with Crippen molar-refractivity contribution in [3.63, 3.8) is 0 Å². The van der Waals surface area contributed by atoms with Gasteiger partial charge in [0.05, 0.1) is 7.11 Å². The lowest BCUT2D eigenvalue weighted by Crippen LogP contribution is -2.19. The molecule has 1 rings (SSSR count). The second kappa shape index (κ2) is 6.63. The highest BCUT2D eigenvalue weighted by Crippen LogP contribution is 2.39. The largest absolute Gasteiger partial charge is 0.495 e. The topological polar surface area (TPSA) is 9.23 Å². The van der Waals surface area contributed by atoms with Crippen molar-refractivity contribution in [1.29, 1.82) is 0 Å². The first kappa shape index (κ1) is 16.3. The smallest absolute Gasteiger partial charge is 0.134 e. The van der Waals surface area contributed by atoms with Gasteiger partial charge in [-0.3, -0.25) is 0 Å². The number of benzene rings is 1. The molecule has 1 aromatic rings. The third-order valence-electron chi connectivity index (χ3n) is 4.09. The van der Waals surface area contributed by atoms with Crippen molar-refractivity contribution in [2.24, 2.45) is 0 Å². The van der Waals surface area contributed by atoms with E-state index in [1.165, 1.54) is 11.1 Å². The fourth-order valence-electron chi connectivity index (χ4n) is 2.56. The van der Waals surface area contributed by atoms with Crippen LogP contribution in [0.25, 0.3) is 12.2 Å². The lowest BCUT2D eigenvalue weighted by molar-refractivity contribution is 0.411. The standard InChI is InChI=1S/C19H26O/c1-8-12-16-15(10-3)17(19(5,6)11-4)13-14(9-2)18(16)20-7/h9,12-13H,1-2,10-11H2,3-7H3. The Morgan fingerprint density at radius 3 is 2.40 bits per heavy atom. The first-order chi connectivity index (χ1) is 9.46. The molecule has 0 amide bonds. The molecule has 0 atom stereocenters. The molecule has 0 aliphatic carbocycles. The maximum atomic E-state index is 5.59. The van der Waals surface area contributed by atoms with Crippen molar-refractivity contribution in [2.75, 3.05) is 7.11 Å². The van der Waals surface area contributed by atoms with E-state index in [1.807, 2.05) is 12.2 Å². The van der Waals surface area contributed by atoms with E-state index in [1.54, 1.807) is 7.11 Å². The number of methoxy groups -OCH3 is 1. The molecule has 1 aromatic carbocycles. The van der Waals surface area contributed by atoms with Crippen LogP contribution in [-0.4, -0.2) is 7.11 Å². The molecule has 0 heterocycles. The summed E-state index contributed by atoms with van der Waals surface area (Å²) in [4.78, 5) is 0. The van der Waals surface area contributed by atoms with Crippen molar-refractivity contribution in [3.8, 4) is 5.75 Å². The molecule has 0 fully saturated rings. The Balaban J connectivity index is 3.82. The highest BCUT2D eigenvalue weighted by atomic mass is 16.5. The molecule has 0 unspecified atom stereocenters. The first-order valence-electron chi connectivity index (χ1n) is 7.19. The van der Waals surface area contributed by atoms with E-state index in [2.05, 4.69) is 52.7 Å². The molecular weight excluding hydrogens is 244 g/mol. The molecule has 1 nitrogen and oxygen atoms in total. The van der Waals surface area contributed by atoms with E-state index in [9.17, 15) is 0 Å². The summed E-state index contributed by atoms with van der Waals surface area (Å²) >= 11 is 0. The lowest BCUT2D eigenvalue weighted by Gasteiger charge is -2.29. The van der Waals surface area contributed by atoms with Crippen LogP contribution >= 0.6 is 0 Å². The van der Waals surface area contributed by atoms with Crippen LogP contribution in [0.4, 0.5) is 0 Å². The molecule has 0 saturated heterocycles. The molecule has 0 N–H and O–H groups in total. The Labute approximate surface area is 123 Å². The minimum atomic E-state index is 0.124. The van der Waals surface area contributed by atoms with Crippen LogP contribution in [0.1, 0.15) is 56.4 Å². The van der Waals surface area contributed by atoms with Crippen LogP contribution in [0, 0.1) is 0 Å². The van der Waals surface area contributed by atoms with Crippen LogP contribution in [-0.2, 0) is 11.8 Å². The van der Waals surface area contributed by atoms with Crippen molar-refractivity contribution in [2.45, 2.75) is 46.0 Å². The van der Waals surface area contributed by atoms with E-state index in [-0.39, 0.29) is 5.41 Å². The summed E-state index contributed by atoms with van der Waals surface area (Å²) in [7, 11) is 1.70. The predicted octanol–water partition coefficient (Wildman–Crippen LogP) is 5.39. The molecule has 0 aliphatic rings. The second-order valence-corrected chi connectivity index (χ2v) is 5.58. The van der Waals surface area contributed by atoms with Gasteiger partial charge in [-0.05, 0) is 41.5 Å². The molecular formula is C19H26O. The normalized spacial score (nSPS) is 10.8. The van der Waals surface area contributed by atoms with E-state index in [0.717, 1.165) is 29.7 Å². The van der Waals surface area contributed by atoms with Gasteiger partial charge in [0, 0.05) is 11.1 Å². The van der Waals surface area contributed by atoms with E-state index in [4.69, 9.17) is 4.74 Å². The number of rotatable bonds is 6. The molecule has 108 valence electrons. The molecule has 0 saturated carbocycles. The van der Waals surface area contributed by atoms with Crippen molar-refractivity contribution < 1.29 is 4.74 Å². The van der Waals surface area contributed by atoms with Gasteiger partial charge in [-0.25, -0.2) is 0 Å². The summed E-state index contributed by atoms with van der Waals surface area (Å²) in [6.07, 6.45) is 5.81. The van der Waals surface area contributed by atoms with E-state index in [0.29, 0.717) is 0 Å². The summed E-state index contributed by atoms with van der Waals surface area (Å²) in [6, 6.07) is 2.22. The van der Waals surface area contributed by atoms with Crippen LogP contribution in [0.15, 0.2) is 25.0 Å². The fraction of sp³-hybridized carbons (Fsp3) is 0.421. The Morgan fingerprint density at radius 2 is 2.00 bits per heavy atom. The van der Waals surface area contributed by atoms with Crippen molar-refractivity contribution in [3.05, 3.63) is 47.2 Å². The maximum Gasteiger partial charge on any atom is 0.134 e. The predicted molar refractivity (Wildman–Crippen MR) is 89.4 cm³/mol. The lowest BCUT2D eigenvalue weighted by atomic mass is 9.76. The summed E-state index contributed by atoms with van der Waals surface area (Å²) in [6.45, 7) is 16.6. The third-order valence-corrected chi connectivity index (χ3v) is 4.09. The molecule has 0 spiro atoms. The summed E-state index contributed by atoms with van der Waals surface area (Å²) < 4.78 is 5.59. The van der Waals surface area contributed by atoms with Crippen LogP contribution in [0.2, 0.25) is 0 Å². The van der Waals surface area contributed by atoms with Gasteiger partial charge in [-0.15, -0.1) is 5.73 Å². The zero-order valence-electron chi connectivity index (χ0n) is 13.5. The average Bonchev–Trinajstić information content (AvgIpc) is 2.46. The molecule has 0 bridgehead atoms. The van der Waals surface area contributed by atoms with Crippen LogP contribution in [0.3, 0.4) is 0 Å². The number of hydrogen-bond acceptors (Lipinski definition) is 1. The van der Waals surface area contributed by atoms with Crippen molar-refractivity contribution in [1.82, 2.24) is 0 Å². The van der Waals surface area contributed by atoms with Crippen LogP contribution in [0.5, 0.6) is 5.75 Å². The SMILES string of the molecule is C=C=Cc1c(CC)c(C(C)(C)CC)cc(C=C)c1OC. The molecule has 0 aliphatic heterocycles. The Hall–Kier alpha value is -1.72. The first-order valence-corrected chi connectivity index (χ1v) is 7.19. The Morgan fingerprint density at radius 1 is 1.35 bits per heavy atom. The third kappa shape index (κ3) is 2.89. The molecule has 0 aromatic heterocycles. The van der Waals surface area contributed by atoms with Gasteiger partial charge in [0.1, 0.15) is 5.75 Å². The van der Waals surface area contributed by atoms with Crippen molar-refractivity contribution >= 4 is 12.2 Å². The van der Waals surface area contributed by atoms with Gasteiger partial charge in [0.2, 0.25) is 0 Å². The minimum absolute atomic E-state index is 0.124. The summed E-state index contributed by atoms with van der Waals surface area (Å²) in [5.41, 5.74) is 7.80. The quantitative estimate of drug-likeness (QED) is 0.630. The summed E-state index contributed by atoms with van der Waals surface area (Å²) in [5, 5.41) is 0.